The molecule has 2 N–H and O–H groups in total. The molecule has 1 atom stereocenters. The van der Waals surface area contributed by atoms with E-state index in [1.54, 1.807) is 37.1 Å². The van der Waals surface area contributed by atoms with E-state index in [9.17, 15) is 9.59 Å². The summed E-state index contributed by atoms with van der Waals surface area (Å²) in [6.07, 6.45) is 4.42. The van der Waals surface area contributed by atoms with Gasteiger partial charge in [0.25, 0.3) is 0 Å². The molecule has 1 heterocycles. The standard InChI is InChI=1S/C14H25N5O2.2ClH/c1-4-6-15-8-9-16-13(20)11-18(3)14(21)12(2)19-10-5-7-17-19;;/h5,7,10,12,15H,4,6,8-9,11H2,1-3H3,(H,16,20);2*1H. The van der Waals surface area contributed by atoms with E-state index < -0.39 is 6.04 Å². The zero-order chi connectivity index (χ0) is 15.7. The predicted octanol–water partition coefficient (Wildman–Crippen LogP) is 0.862. The zero-order valence-corrected chi connectivity index (χ0v) is 15.5. The molecule has 9 heteroatoms. The van der Waals surface area contributed by atoms with E-state index in [4.69, 9.17) is 0 Å². The Morgan fingerprint density at radius 1 is 1.26 bits per heavy atom. The number of amides is 2. The van der Waals surface area contributed by atoms with Crippen molar-refractivity contribution in [3.63, 3.8) is 0 Å². The van der Waals surface area contributed by atoms with Crippen molar-refractivity contribution in [3.05, 3.63) is 18.5 Å². The molecule has 134 valence electrons. The van der Waals surface area contributed by atoms with Crippen LogP contribution in [0.1, 0.15) is 26.3 Å². The third-order valence-electron chi connectivity index (χ3n) is 3.09. The molecule has 1 unspecified atom stereocenters. The van der Waals surface area contributed by atoms with E-state index in [0.29, 0.717) is 6.54 Å². The predicted molar refractivity (Wildman–Crippen MR) is 95.2 cm³/mol. The topological polar surface area (TPSA) is 79.3 Å². The largest absolute Gasteiger partial charge is 0.353 e. The minimum Gasteiger partial charge on any atom is -0.353 e. The highest BCUT2D eigenvalue weighted by Gasteiger charge is 2.20. The number of nitrogens with one attached hydrogen (secondary N) is 2. The molecule has 0 bridgehead atoms. The number of hydrogen-bond acceptors (Lipinski definition) is 4. The van der Waals surface area contributed by atoms with Gasteiger partial charge >= 0.3 is 0 Å². The van der Waals surface area contributed by atoms with E-state index >= 15 is 0 Å². The average molecular weight is 368 g/mol. The molecule has 0 aliphatic rings. The van der Waals surface area contributed by atoms with Gasteiger partial charge in [-0.1, -0.05) is 6.92 Å². The molecule has 0 spiro atoms. The van der Waals surface area contributed by atoms with Gasteiger partial charge in [0.2, 0.25) is 11.8 Å². The Hall–Kier alpha value is -1.31. The van der Waals surface area contributed by atoms with Gasteiger partial charge in [0.1, 0.15) is 6.04 Å². The molecule has 0 aromatic carbocycles. The summed E-state index contributed by atoms with van der Waals surface area (Å²) >= 11 is 0. The van der Waals surface area contributed by atoms with Gasteiger partial charge in [0, 0.05) is 32.5 Å². The number of halogens is 2. The first-order valence-electron chi connectivity index (χ1n) is 7.27. The lowest BCUT2D eigenvalue weighted by molar-refractivity contribution is -0.137. The van der Waals surface area contributed by atoms with Crippen LogP contribution >= 0.6 is 24.8 Å². The van der Waals surface area contributed by atoms with Crippen molar-refractivity contribution < 1.29 is 9.59 Å². The first-order chi connectivity index (χ1) is 10.1. The summed E-state index contributed by atoms with van der Waals surface area (Å²) in [4.78, 5) is 25.3. The Balaban J connectivity index is 0. The van der Waals surface area contributed by atoms with Gasteiger partial charge in [0.05, 0.1) is 6.54 Å². The molecular formula is C14H27Cl2N5O2. The molecule has 0 aliphatic carbocycles. The van der Waals surface area contributed by atoms with Crippen LogP contribution in [-0.4, -0.2) is 59.7 Å². The Bertz CT molecular complexity index is 442. The van der Waals surface area contributed by atoms with Gasteiger partial charge in [-0.2, -0.15) is 5.10 Å². The molecule has 1 rings (SSSR count). The highest BCUT2D eigenvalue weighted by molar-refractivity contribution is 5.86. The third kappa shape index (κ3) is 8.78. The number of rotatable bonds is 9. The van der Waals surface area contributed by atoms with E-state index in [0.717, 1.165) is 19.5 Å². The van der Waals surface area contributed by atoms with Gasteiger partial charge in [-0.25, -0.2) is 0 Å². The third-order valence-corrected chi connectivity index (χ3v) is 3.09. The van der Waals surface area contributed by atoms with Crippen LogP contribution < -0.4 is 10.6 Å². The van der Waals surface area contributed by atoms with Crippen molar-refractivity contribution in [2.24, 2.45) is 0 Å². The number of aromatic nitrogens is 2. The minimum absolute atomic E-state index is 0. The molecule has 0 radical (unpaired) electrons. The van der Waals surface area contributed by atoms with E-state index in [2.05, 4.69) is 22.7 Å². The summed E-state index contributed by atoms with van der Waals surface area (Å²) < 4.78 is 1.57. The maximum atomic E-state index is 12.2. The number of carbonyl (C=O) groups is 2. The number of hydrogen-bond donors (Lipinski definition) is 2. The Morgan fingerprint density at radius 2 is 1.96 bits per heavy atom. The van der Waals surface area contributed by atoms with Crippen LogP contribution in [0.5, 0.6) is 0 Å². The van der Waals surface area contributed by atoms with Gasteiger partial charge in [-0.05, 0) is 26.0 Å². The molecule has 1 aromatic rings. The smallest absolute Gasteiger partial charge is 0.247 e. The highest BCUT2D eigenvalue weighted by Crippen LogP contribution is 2.06. The first kappa shape index (κ1) is 23.9. The summed E-state index contributed by atoms with van der Waals surface area (Å²) in [6.45, 7) is 6.15. The molecule has 23 heavy (non-hydrogen) atoms. The Kier molecular flexibility index (Phi) is 13.7. The van der Waals surface area contributed by atoms with Crippen molar-refractivity contribution in [1.82, 2.24) is 25.3 Å². The van der Waals surface area contributed by atoms with Crippen molar-refractivity contribution in [2.45, 2.75) is 26.3 Å². The van der Waals surface area contributed by atoms with Crippen LogP contribution in [0.25, 0.3) is 0 Å². The summed E-state index contributed by atoms with van der Waals surface area (Å²) in [7, 11) is 1.62. The molecule has 0 aliphatic heterocycles. The normalized spacial score (nSPS) is 10.9. The lowest BCUT2D eigenvalue weighted by Crippen LogP contribution is -2.42. The van der Waals surface area contributed by atoms with Gasteiger partial charge < -0.3 is 15.5 Å². The van der Waals surface area contributed by atoms with E-state index in [1.165, 1.54) is 4.90 Å². The second kappa shape index (κ2) is 13.2. The quantitative estimate of drug-likeness (QED) is 0.634. The molecule has 0 saturated carbocycles. The SMILES string of the molecule is CCCNCCNC(=O)CN(C)C(=O)C(C)n1cccn1.Cl.Cl. The van der Waals surface area contributed by atoms with Gasteiger partial charge in [0.15, 0.2) is 0 Å². The molecule has 0 fully saturated rings. The number of carbonyl (C=O) groups excluding carboxylic acids is 2. The minimum atomic E-state index is -0.413. The monoisotopic (exact) mass is 367 g/mol. The van der Waals surface area contributed by atoms with Crippen molar-refractivity contribution in [3.8, 4) is 0 Å². The van der Waals surface area contributed by atoms with Crippen LogP contribution in [0, 0.1) is 0 Å². The molecular weight excluding hydrogens is 341 g/mol. The van der Waals surface area contributed by atoms with Crippen LogP contribution in [0.2, 0.25) is 0 Å². The maximum Gasteiger partial charge on any atom is 0.247 e. The number of likely N-dealkylation sites (N-methyl/N-ethyl adjacent to an activating group) is 1. The molecule has 7 nitrogen and oxygen atoms in total. The maximum absolute atomic E-state index is 12.2. The average Bonchev–Trinajstić information content (AvgIpc) is 2.99. The van der Waals surface area contributed by atoms with Crippen LogP contribution in [-0.2, 0) is 9.59 Å². The first-order valence-corrected chi connectivity index (χ1v) is 7.27. The van der Waals surface area contributed by atoms with Crippen LogP contribution in [0.15, 0.2) is 18.5 Å². The van der Waals surface area contributed by atoms with Crippen LogP contribution in [0.4, 0.5) is 0 Å². The van der Waals surface area contributed by atoms with Gasteiger partial charge in [-0.15, -0.1) is 24.8 Å². The fraction of sp³-hybridized carbons (Fsp3) is 0.643. The summed E-state index contributed by atoms with van der Waals surface area (Å²) in [5.41, 5.74) is 0. The Labute approximate surface area is 150 Å². The lowest BCUT2D eigenvalue weighted by Gasteiger charge is -2.21. The lowest BCUT2D eigenvalue weighted by atomic mass is 10.3. The van der Waals surface area contributed by atoms with Crippen molar-refractivity contribution >= 4 is 36.6 Å². The van der Waals surface area contributed by atoms with Crippen molar-refractivity contribution in [1.29, 1.82) is 0 Å². The molecule has 2 amide bonds. The second-order valence-corrected chi connectivity index (χ2v) is 4.96. The van der Waals surface area contributed by atoms with Crippen molar-refractivity contribution in [2.75, 3.05) is 33.2 Å². The zero-order valence-electron chi connectivity index (χ0n) is 13.8. The molecule has 1 aromatic heterocycles. The fourth-order valence-electron chi connectivity index (χ4n) is 1.88. The molecule has 0 saturated heterocycles. The Morgan fingerprint density at radius 3 is 2.52 bits per heavy atom. The van der Waals surface area contributed by atoms with Gasteiger partial charge in [-0.3, -0.25) is 14.3 Å². The summed E-state index contributed by atoms with van der Waals surface area (Å²) in [5, 5.41) is 10.0. The van der Waals surface area contributed by atoms with Crippen LogP contribution in [0.3, 0.4) is 0 Å². The fourth-order valence-corrected chi connectivity index (χ4v) is 1.88. The van der Waals surface area contributed by atoms with E-state index in [-0.39, 0.29) is 43.2 Å². The van der Waals surface area contributed by atoms with E-state index in [1.807, 2.05) is 0 Å². The second-order valence-electron chi connectivity index (χ2n) is 4.96. The highest BCUT2D eigenvalue weighted by atomic mass is 35.5. The summed E-state index contributed by atoms with van der Waals surface area (Å²) in [5.74, 6) is -0.297. The number of nitrogens with zero attached hydrogens (tertiary/aromatic N) is 3. The summed E-state index contributed by atoms with van der Waals surface area (Å²) in [6, 6.07) is 1.35.